The molecule has 2 aliphatic rings. The second-order valence-corrected chi connectivity index (χ2v) is 7.52. The van der Waals surface area contributed by atoms with Crippen LogP contribution in [0.25, 0.3) is 0 Å². The summed E-state index contributed by atoms with van der Waals surface area (Å²) in [5.74, 6) is -1.77. The van der Waals surface area contributed by atoms with Crippen molar-refractivity contribution in [2.45, 2.75) is 25.7 Å². The molecule has 2 aromatic rings. The number of likely N-dealkylation sites (tertiary alicyclic amines) is 1. The molecule has 1 amide bonds. The minimum atomic E-state index is -0.794. The Kier molecular flexibility index (Phi) is 5.35. The van der Waals surface area contributed by atoms with E-state index in [1.165, 1.54) is 12.1 Å². The molecule has 2 aromatic carbocycles. The summed E-state index contributed by atoms with van der Waals surface area (Å²) in [5.41, 5.74) is 6.71. The van der Waals surface area contributed by atoms with Gasteiger partial charge in [-0.3, -0.25) is 14.4 Å². The molecule has 1 saturated heterocycles. The predicted molar refractivity (Wildman–Crippen MR) is 109 cm³/mol. The van der Waals surface area contributed by atoms with E-state index < -0.39 is 11.8 Å². The van der Waals surface area contributed by atoms with Crippen LogP contribution in [0.15, 0.2) is 36.4 Å². The molecule has 7 heteroatoms. The summed E-state index contributed by atoms with van der Waals surface area (Å²) in [6, 6.07) is 9.28. The van der Waals surface area contributed by atoms with Crippen molar-refractivity contribution in [2.24, 2.45) is 0 Å². The number of carbonyl (C=O) groups excluding carboxylic acids is 4. The molecule has 1 aliphatic carbocycles. The lowest BCUT2D eigenvalue weighted by molar-refractivity contribution is -0.134. The van der Waals surface area contributed by atoms with E-state index in [9.17, 15) is 19.2 Å². The number of benzene rings is 2. The van der Waals surface area contributed by atoms with Gasteiger partial charge in [0.05, 0.1) is 16.8 Å². The number of esters is 1. The zero-order valence-electron chi connectivity index (χ0n) is 16.5. The quantitative estimate of drug-likeness (QED) is 0.529. The van der Waals surface area contributed by atoms with E-state index in [2.05, 4.69) is 0 Å². The SMILES string of the molecule is Nc1c(C(=O)OCC(=O)N2CCCCCC2)ccc2c1C(=O)c1ccccc1C2=O. The fourth-order valence-corrected chi connectivity index (χ4v) is 4.01. The molecule has 154 valence electrons. The molecule has 1 fully saturated rings. The van der Waals surface area contributed by atoms with Crippen molar-refractivity contribution in [3.05, 3.63) is 64.2 Å². The van der Waals surface area contributed by atoms with Crippen LogP contribution >= 0.6 is 0 Å². The summed E-state index contributed by atoms with van der Waals surface area (Å²) in [6.45, 7) is 0.936. The standard InChI is InChI=1S/C23H22N2O5/c24-20-17(23(29)30-13-18(26)25-11-5-1-2-6-12-25)10-9-16-19(20)22(28)15-8-4-3-7-14(15)21(16)27/h3-4,7-10H,1-2,5-6,11-13,24H2. The molecule has 0 bridgehead atoms. The monoisotopic (exact) mass is 406 g/mol. The molecular formula is C23H22N2O5. The number of carbonyl (C=O) groups is 4. The van der Waals surface area contributed by atoms with Crippen molar-refractivity contribution in [3.63, 3.8) is 0 Å². The van der Waals surface area contributed by atoms with Crippen LogP contribution in [0.2, 0.25) is 0 Å². The number of ether oxygens (including phenoxy) is 1. The van der Waals surface area contributed by atoms with Gasteiger partial charge in [-0.25, -0.2) is 4.79 Å². The molecule has 0 atom stereocenters. The maximum Gasteiger partial charge on any atom is 0.340 e. The summed E-state index contributed by atoms with van der Waals surface area (Å²) in [4.78, 5) is 52.3. The topological polar surface area (TPSA) is 107 Å². The average Bonchev–Trinajstić information content (AvgIpc) is 3.05. The van der Waals surface area contributed by atoms with Gasteiger partial charge < -0.3 is 15.4 Å². The number of hydrogen-bond acceptors (Lipinski definition) is 6. The van der Waals surface area contributed by atoms with Gasteiger partial charge in [0.15, 0.2) is 18.2 Å². The molecule has 4 rings (SSSR count). The van der Waals surface area contributed by atoms with Crippen LogP contribution in [0, 0.1) is 0 Å². The molecule has 0 aromatic heterocycles. The fraction of sp³-hybridized carbons (Fsp3) is 0.304. The normalized spacial score (nSPS) is 15.8. The van der Waals surface area contributed by atoms with Gasteiger partial charge in [0, 0.05) is 29.8 Å². The zero-order valence-corrected chi connectivity index (χ0v) is 16.5. The predicted octanol–water partition coefficient (Wildman–Crippen LogP) is 2.60. The maximum atomic E-state index is 12.9. The number of nitrogen functional groups attached to an aromatic ring is 1. The highest BCUT2D eigenvalue weighted by Gasteiger charge is 2.33. The highest BCUT2D eigenvalue weighted by atomic mass is 16.5. The minimum absolute atomic E-state index is 0.00648. The Hall–Kier alpha value is -3.48. The van der Waals surface area contributed by atoms with E-state index in [4.69, 9.17) is 10.5 Å². The lowest BCUT2D eigenvalue weighted by atomic mass is 9.82. The number of nitrogens with two attached hydrogens (primary N) is 1. The van der Waals surface area contributed by atoms with E-state index in [-0.39, 0.29) is 46.2 Å². The van der Waals surface area contributed by atoms with Crippen molar-refractivity contribution in [1.29, 1.82) is 0 Å². The van der Waals surface area contributed by atoms with Crippen LogP contribution in [0.1, 0.15) is 67.9 Å². The first kappa shape index (κ1) is 19.8. The Labute approximate surface area is 173 Å². The number of rotatable bonds is 3. The Balaban J connectivity index is 1.54. The molecule has 7 nitrogen and oxygen atoms in total. The summed E-state index contributed by atoms with van der Waals surface area (Å²) < 4.78 is 5.18. The Morgan fingerprint density at radius 2 is 1.50 bits per heavy atom. The molecular weight excluding hydrogens is 384 g/mol. The average molecular weight is 406 g/mol. The third-order valence-corrected chi connectivity index (χ3v) is 5.64. The zero-order chi connectivity index (χ0) is 21.3. The first-order valence-electron chi connectivity index (χ1n) is 10.0. The Morgan fingerprint density at radius 3 is 2.17 bits per heavy atom. The molecule has 1 heterocycles. The lowest BCUT2D eigenvalue weighted by Gasteiger charge is -2.21. The highest BCUT2D eigenvalue weighted by molar-refractivity contribution is 6.30. The maximum absolute atomic E-state index is 12.9. The van der Waals surface area contributed by atoms with Crippen molar-refractivity contribution in [2.75, 3.05) is 25.4 Å². The molecule has 1 aliphatic heterocycles. The first-order chi connectivity index (χ1) is 14.5. The third kappa shape index (κ3) is 3.47. The molecule has 2 N–H and O–H groups in total. The third-order valence-electron chi connectivity index (χ3n) is 5.64. The smallest absolute Gasteiger partial charge is 0.340 e. The highest BCUT2D eigenvalue weighted by Crippen LogP contribution is 2.32. The van der Waals surface area contributed by atoms with Crippen molar-refractivity contribution in [1.82, 2.24) is 4.90 Å². The van der Waals surface area contributed by atoms with E-state index in [0.717, 1.165) is 25.7 Å². The van der Waals surface area contributed by atoms with Crippen molar-refractivity contribution < 1.29 is 23.9 Å². The second kappa shape index (κ2) is 8.10. The van der Waals surface area contributed by atoms with Gasteiger partial charge >= 0.3 is 5.97 Å². The molecule has 30 heavy (non-hydrogen) atoms. The number of anilines is 1. The number of ketones is 2. The van der Waals surface area contributed by atoms with Gasteiger partial charge in [0.1, 0.15) is 0 Å². The molecule has 0 radical (unpaired) electrons. The van der Waals surface area contributed by atoms with E-state index >= 15 is 0 Å². The van der Waals surface area contributed by atoms with E-state index in [1.807, 2.05) is 0 Å². The van der Waals surface area contributed by atoms with E-state index in [0.29, 0.717) is 18.7 Å². The molecule has 0 saturated carbocycles. The summed E-state index contributed by atoms with van der Waals surface area (Å²) >= 11 is 0. The summed E-state index contributed by atoms with van der Waals surface area (Å²) in [5, 5.41) is 0. The van der Waals surface area contributed by atoms with Crippen LogP contribution in [0.4, 0.5) is 5.69 Å². The van der Waals surface area contributed by atoms with E-state index in [1.54, 1.807) is 29.2 Å². The van der Waals surface area contributed by atoms with Gasteiger partial charge in [-0.2, -0.15) is 0 Å². The van der Waals surface area contributed by atoms with Crippen LogP contribution in [0.5, 0.6) is 0 Å². The molecule has 0 spiro atoms. The van der Waals surface area contributed by atoms with Crippen LogP contribution in [-0.2, 0) is 9.53 Å². The van der Waals surface area contributed by atoms with Gasteiger partial charge in [0.25, 0.3) is 5.91 Å². The van der Waals surface area contributed by atoms with Crippen molar-refractivity contribution >= 4 is 29.1 Å². The minimum Gasteiger partial charge on any atom is -0.452 e. The van der Waals surface area contributed by atoms with Crippen molar-refractivity contribution in [3.8, 4) is 0 Å². The van der Waals surface area contributed by atoms with Gasteiger partial charge in [0.2, 0.25) is 0 Å². The van der Waals surface area contributed by atoms with Gasteiger partial charge in [-0.05, 0) is 25.0 Å². The Morgan fingerprint density at radius 1 is 0.867 bits per heavy atom. The first-order valence-corrected chi connectivity index (χ1v) is 10.0. The van der Waals surface area contributed by atoms with Gasteiger partial charge in [-0.1, -0.05) is 37.1 Å². The molecule has 0 unspecified atom stereocenters. The lowest BCUT2D eigenvalue weighted by Crippen LogP contribution is -2.35. The second-order valence-electron chi connectivity index (χ2n) is 7.52. The van der Waals surface area contributed by atoms with Gasteiger partial charge in [-0.15, -0.1) is 0 Å². The van der Waals surface area contributed by atoms with Crippen LogP contribution < -0.4 is 5.73 Å². The van der Waals surface area contributed by atoms with Crippen LogP contribution in [-0.4, -0.2) is 48.0 Å². The van der Waals surface area contributed by atoms with Crippen LogP contribution in [0.3, 0.4) is 0 Å². The summed E-state index contributed by atoms with van der Waals surface area (Å²) in [7, 11) is 0. The number of amides is 1. The fourth-order valence-electron chi connectivity index (χ4n) is 4.01. The summed E-state index contributed by atoms with van der Waals surface area (Å²) in [6.07, 6.45) is 4.06. The number of nitrogens with zero attached hydrogens (tertiary/aromatic N) is 1. The number of hydrogen-bond donors (Lipinski definition) is 1. The Bertz CT molecular complexity index is 1050. The number of fused-ring (bicyclic) bond motifs is 2. The largest absolute Gasteiger partial charge is 0.452 e.